The van der Waals surface area contributed by atoms with Gasteiger partial charge in [-0.25, -0.2) is 13.1 Å². The number of hydrogen-bond acceptors (Lipinski definition) is 6. The molecule has 29 heavy (non-hydrogen) atoms. The van der Waals surface area contributed by atoms with Gasteiger partial charge in [0, 0.05) is 37.6 Å². The molecule has 9 heteroatoms. The standard InChI is InChI=1S/C20H32N4O4S/c1-16(24-9-3-4-17(15-24)14-21-29(2,26)27)20(25)22-18-5-7-19(8-6-18)23-10-12-28-13-11-23/h5-8,16-17,21H,3-4,9-15H2,1-2H3,(H,22,25). The Morgan fingerprint density at radius 2 is 1.90 bits per heavy atom. The molecule has 2 heterocycles. The summed E-state index contributed by atoms with van der Waals surface area (Å²) >= 11 is 0. The molecule has 0 spiro atoms. The Morgan fingerprint density at radius 3 is 2.55 bits per heavy atom. The van der Waals surface area contributed by atoms with Gasteiger partial charge >= 0.3 is 0 Å². The number of piperidine rings is 1. The summed E-state index contributed by atoms with van der Waals surface area (Å²) in [6, 6.07) is 7.66. The largest absolute Gasteiger partial charge is 0.378 e. The second-order valence-electron chi connectivity index (χ2n) is 7.94. The van der Waals surface area contributed by atoms with E-state index in [1.807, 2.05) is 31.2 Å². The molecule has 1 aromatic carbocycles. The Labute approximate surface area is 173 Å². The van der Waals surface area contributed by atoms with Gasteiger partial charge in [0.2, 0.25) is 15.9 Å². The van der Waals surface area contributed by atoms with Gasteiger partial charge in [0.25, 0.3) is 0 Å². The molecule has 0 radical (unpaired) electrons. The SMILES string of the molecule is CC(C(=O)Nc1ccc(N2CCOCC2)cc1)N1CCCC(CNS(C)(=O)=O)C1. The van der Waals surface area contributed by atoms with E-state index in [4.69, 9.17) is 4.74 Å². The molecule has 2 aliphatic heterocycles. The number of amides is 1. The van der Waals surface area contributed by atoms with Crippen molar-refractivity contribution in [3.05, 3.63) is 24.3 Å². The van der Waals surface area contributed by atoms with Crippen LogP contribution in [0.3, 0.4) is 0 Å². The van der Waals surface area contributed by atoms with E-state index >= 15 is 0 Å². The molecular weight excluding hydrogens is 392 g/mol. The fourth-order valence-corrected chi connectivity index (χ4v) is 4.41. The first-order valence-electron chi connectivity index (χ1n) is 10.2. The van der Waals surface area contributed by atoms with E-state index in [1.54, 1.807) is 0 Å². The van der Waals surface area contributed by atoms with Gasteiger partial charge in [0.05, 0.1) is 25.5 Å². The van der Waals surface area contributed by atoms with Gasteiger partial charge in [-0.3, -0.25) is 9.69 Å². The van der Waals surface area contributed by atoms with Crippen LogP contribution in [0.1, 0.15) is 19.8 Å². The molecule has 2 unspecified atom stereocenters. The molecule has 2 saturated heterocycles. The highest BCUT2D eigenvalue weighted by molar-refractivity contribution is 7.88. The second-order valence-corrected chi connectivity index (χ2v) is 9.77. The lowest BCUT2D eigenvalue weighted by Crippen LogP contribution is -2.48. The lowest BCUT2D eigenvalue weighted by Gasteiger charge is -2.36. The van der Waals surface area contributed by atoms with Crippen molar-refractivity contribution < 1.29 is 17.9 Å². The van der Waals surface area contributed by atoms with Crippen molar-refractivity contribution in [1.82, 2.24) is 9.62 Å². The maximum atomic E-state index is 12.7. The molecule has 0 saturated carbocycles. The first kappa shape index (κ1) is 22.0. The lowest BCUT2D eigenvalue weighted by atomic mass is 9.97. The summed E-state index contributed by atoms with van der Waals surface area (Å²) in [6.07, 6.45) is 3.10. The summed E-state index contributed by atoms with van der Waals surface area (Å²) in [7, 11) is -3.19. The molecule has 2 N–H and O–H groups in total. The summed E-state index contributed by atoms with van der Waals surface area (Å²) < 4.78 is 30.6. The number of carbonyl (C=O) groups is 1. The fraction of sp³-hybridized carbons (Fsp3) is 0.650. The molecule has 8 nitrogen and oxygen atoms in total. The quantitative estimate of drug-likeness (QED) is 0.682. The zero-order valence-corrected chi connectivity index (χ0v) is 18.1. The van der Waals surface area contributed by atoms with Crippen LogP contribution in [0.25, 0.3) is 0 Å². The van der Waals surface area contributed by atoms with Crippen LogP contribution in [0.15, 0.2) is 24.3 Å². The summed E-state index contributed by atoms with van der Waals surface area (Å²) in [4.78, 5) is 17.1. The van der Waals surface area contributed by atoms with Crippen LogP contribution < -0.4 is 14.9 Å². The van der Waals surface area contributed by atoms with Crippen molar-refractivity contribution in [3.8, 4) is 0 Å². The third-order valence-electron chi connectivity index (χ3n) is 5.62. The summed E-state index contributed by atoms with van der Waals surface area (Å²) in [5.41, 5.74) is 1.92. The molecular formula is C20H32N4O4S. The Bertz CT molecular complexity index is 778. The zero-order valence-electron chi connectivity index (χ0n) is 17.3. The molecule has 3 rings (SSSR count). The molecule has 2 aliphatic rings. The number of hydrogen-bond donors (Lipinski definition) is 2. The summed E-state index contributed by atoms with van der Waals surface area (Å²) in [5, 5.41) is 3.00. The van der Waals surface area contributed by atoms with Crippen LogP contribution in [-0.4, -0.2) is 77.5 Å². The molecule has 2 atom stereocenters. The van der Waals surface area contributed by atoms with Crippen LogP contribution >= 0.6 is 0 Å². The Morgan fingerprint density at radius 1 is 1.21 bits per heavy atom. The number of carbonyl (C=O) groups excluding carboxylic acids is 1. The van der Waals surface area contributed by atoms with Gasteiger partial charge in [-0.15, -0.1) is 0 Å². The lowest BCUT2D eigenvalue weighted by molar-refractivity contribution is -0.121. The van der Waals surface area contributed by atoms with Gasteiger partial charge in [-0.05, 0) is 56.5 Å². The predicted molar refractivity (Wildman–Crippen MR) is 115 cm³/mol. The van der Waals surface area contributed by atoms with Gasteiger partial charge < -0.3 is 15.0 Å². The number of nitrogens with one attached hydrogen (secondary N) is 2. The van der Waals surface area contributed by atoms with Gasteiger partial charge in [-0.2, -0.15) is 0 Å². The van der Waals surface area contributed by atoms with Crippen molar-refractivity contribution >= 4 is 27.3 Å². The minimum Gasteiger partial charge on any atom is -0.378 e. The topological polar surface area (TPSA) is 91.0 Å². The molecule has 0 bridgehead atoms. The maximum absolute atomic E-state index is 12.7. The van der Waals surface area contributed by atoms with Gasteiger partial charge in [0.1, 0.15) is 0 Å². The van der Waals surface area contributed by atoms with Crippen molar-refractivity contribution in [3.63, 3.8) is 0 Å². The third kappa shape index (κ3) is 6.67. The number of ether oxygens (including phenoxy) is 1. The summed E-state index contributed by atoms with van der Waals surface area (Å²) in [5.74, 6) is 0.183. The highest BCUT2D eigenvalue weighted by Crippen LogP contribution is 2.21. The van der Waals surface area contributed by atoms with E-state index in [-0.39, 0.29) is 17.9 Å². The average molecular weight is 425 g/mol. The maximum Gasteiger partial charge on any atom is 0.241 e. The van der Waals surface area contributed by atoms with Crippen molar-refractivity contribution in [2.45, 2.75) is 25.8 Å². The van der Waals surface area contributed by atoms with Crippen LogP contribution in [0, 0.1) is 5.92 Å². The van der Waals surface area contributed by atoms with Crippen LogP contribution in [-0.2, 0) is 19.6 Å². The van der Waals surface area contributed by atoms with E-state index in [9.17, 15) is 13.2 Å². The van der Waals surface area contributed by atoms with Gasteiger partial charge in [-0.1, -0.05) is 0 Å². The second kappa shape index (κ2) is 9.88. The third-order valence-corrected chi connectivity index (χ3v) is 6.31. The average Bonchev–Trinajstić information content (AvgIpc) is 2.72. The number of anilines is 2. The van der Waals surface area contributed by atoms with Crippen LogP contribution in [0.2, 0.25) is 0 Å². The minimum atomic E-state index is -3.19. The highest BCUT2D eigenvalue weighted by atomic mass is 32.2. The van der Waals surface area contributed by atoms with Gasteiger partial charge in [0.15, 0.2) is 0 Å². The Kier molecular flexibility index (Phi) is 7.50. The number of morpholine rings is 1. The fourth-order valence-electron chi connectivity index (χ4n) is 3.87. The van der Waals surface area contributed by atoms with Crippen molar-refractivity contribution in [2.75, 3.05) is 62.4 Å². The number of benzene rings is 1. The monoisotopic (exact) mass is 424 g/mol. The molecule has 1 amide bonds. The van der Waals surface area contributed by atoms with Crippen LogP contribution in [0.4, 0.5) is 11.4 Å². The normalized spacial score (nSPS) is 22.3. The minimum absolute atomic E-state index is 0.0409. The summed E-state index contributed by atoms with van der Waals surface area (Å²) in [6.45, 7) is 7.14. The van der Waals surface area contributed by atoms with E-state index < -0.39 is 10.0 Å². The molecule has 1 aromatic rings. The number of nitrogens with zero attached hydrogens (tertiary/aromatic N) is 2. The predicted octanol–water partition coefficient (Wildman–Crippen LogP) is 1.11. The first-order valence-corrected chi connectivity index (χ1v) is 12.1. The Balaban J connectivity index is 1.51. The van der Waals surface area contributed by atoms with E-state index in [2.05, 4.69) is 19.8 Å². The van der Waals surface area contributed by atoms with E-state index in [0.717, 1.165) is 57.1 Å². The number of likely N-dealkylation sites (tertiary alicyclic amines) is 1. The first-order chi connectivity index (χ1) is 13.8. The molecule has 0 aliphatic carbocycles. The number of sulfonamides is 1. The highest BCUT2D eigenvalue weighted by Gasteiger charge is 2.27. The molecule has 0 aromatic heterocycles. The molecule has 2 fully saturated rings. The van der Waals surface area contributed by atoms with E-state index in [1.165, 1.54) is 6.26 Å². The number of rotatable bonds is 7. The van der Waals surface area contributed by atoms with Crippen LogP contribution in [0.5, 0.6) is 0 Å². The van der Waals surface area contributed by atoms with E-state index in [0.29, 0.717) is 13.1 Å². The van der Waals surface area contributed by atoms with Crippen molar-refractivity contribution in [1.29, 1.82) is 0 Å². The smallest absolute Gasteiger partial charge is 0.241 e. The zero-order chi connectivity index (χ0) is 20.9. The Hall–Kier alpha value is -1.68. The van der Waals surface area contributed by atoms with Crippen molar-refractivity contribution in [2.24, 2.45) is 5.92 Å². The molecule has 162 valence electrons.